The molecule has 1 atom stereocenters. The Balaban J connectivity index is 2.53. The molecule has 2 rings (SSSR count). The third kappa shape index (κ3) is 3.55. The third-order valence-electron chi connectivity index (χ3n) is 3.97. The fraction of sp³-hybridized carbons (Fsp3) is 0.368. The number of hydrogen-bond donors (Lipinski definition) is 1. The predicted octanol–water partition coefficient (Wildman–Crippen LogP) is 2.75. The van der Waals surface area contributed by atoms with Gasteiger partial charge < -0.3 is 14.7 Å². The van der Waals surface area contributed by atoms with Gasteiger partial charge in [-0.15, -0.1) is 0 Å². The number of rotatable bonds is 7. The first-order valence-corrected chi connectivity index (χ1v) is 7.56. The smallest absolute Gasteiger partial charge is 0.121 e. The maximum absolute atomic E-state index is 11.7. The molecular formula is C19H25NO2. The van der Waals surface area contributed by atoms with Gasteiger partial charge in [0.15, 0.2) is 0 Å². The van der Waals surface area contributed by atoms with Crippen molar-refractivity contribution in [3.05, 3.63) is 71.8 Å². The summed E-state index contributed by atoms with van der Waals surface area (Å²) in [4.78, 5) is 2.08. The lowest BCUT2D eigenvalue weighted by Gasteiger charge is -2.38. The summed E-state index contributed by atoms with van der Waals surface area (Å²) in [6.45, 7) is 1.21. The first-order chi connectivity index (χ1) is 10.6. The van der Waals surface area contributed by atoms with Crippen molar-refractivity contribution in [2.75, 3.05) is 34.4 Å². The van der Waals surface area contributed by atoms with Crippen molar-refractivity contribution >= 4 is 0 Å². The number of hydrogen-bond acceptors (Lipinski definition) is 3. The van der Waals surface area contributed by atoms with E-state index in [9.17, 15) is 5.11 Å². The van der Waals surface area contributed by atoms with Crippen molar-refractivity contribution < 1.29 is 9.84 Å². The highest BCUT2D eigenvalue weighted by atomic mass is 16.5. The van der Waals surface area contributed by atoms with Crippen LogP contribution in [0.15, 0.2) is 60.7 Å². The average molecular weight is 299 g/mol. The number of ether oxygens (including phenoxy) is 1. The van der Waals surface area contributed by atoms with Crippen LogP contribution in [-0.4, -0.2) is 44.4 Å². The van der Waals surface area contributed by atoms with Crippen molar-refractivity contribution in [2.45, 2.75) is 5.60 Å². The van der Waals surface area contributed by atoms with Gasteiger partial charge >= 0.3 is 0 Å². The van der Waals surface area contributed by atoms with Gasteiger partial charge in [0.2, 0.25) is 0 Å². The van der Waals surface area contributed by atoms with Gasteiger partial charge in [-0.2, -0.15) is 0 Å². The molecule has 0 aromatic heterocycles. The van der Waals surface area contributed by atoms with Crippen molar-refractivity contribution in [3.63, 3.8) is 0 Å². The largest absolute Gasteiger partial charge is 0.384 e. The molecule has 0 bridgehead atoms. The minimum atomic E-state index is -1.08. The van der Waals surface area contributed by atoms with Crippen molar-refractivity contribution in [1.82, 2.24) is 4.90 Å². The average Bonchev–Trinajstić information content (AvgIpc) is 2.55. The highest BCUT2D eigenvalue weighted by molar-refractivity contribution is 5.37. The van der Waals surface area contributed by atoms with E-state index in [-0.39, 0.29) is 5.92 Å². The highest BCUT2D eigenvalue weighted by Gasteiger charge is 2.40. The van der Waals surface area contributed by atoms with E-state index >= 15 is 0 Å². The maximum atomic E-state index is 11.7. The molecule has 22 heavy (non-hydrogen) atoms. The Kier molecular flexibility index (Phi) is 5.72. The van der Waals surface area contributed by atoms with E-state index in [4.69, 9.17) is 4.74 Å². The van der Waals surface area contributed by atoms with Gasteiger partial charge in [0.25, 0.3) is 0 Å². The Bertz CT molecular complexity index is 515. The van der Waals surface area contributed by atoms with Gasteiger partial charge in [-0.1, -0.05) is 60.7 Å². The molecule has 0 aliphatic carbocycles. The monoisotopic (exact) mass is 299 g/mol. The van der Waals surface area contributed by atoms with Crippen LogP contribution < -0.4 is 0 Å². The van der Waals surface area contributed by atoms with Crippen molar-refractivity contribution in [3.8, 4) is 0 Å². The number of nitrogens with zero attached hydrogens (tertiary/aromatic N) is 1. The fourth-order valence-electron chi connectivity index (χ4n) is 2.97. The molecule has 0 amide bonds. The second-order valence-corrected chi connectivity index (χ2v) is 5.91. The molecule has 0 spiro atoms. The summed E-state index contributed by atoms with van der Waals surface area (Å²) in [5.41, 5.74) is 0.707. The lowest BCUT2D eigenvalue weighted by atomic mass is 9.76. The SMILES string of the molecule is COCC(CN(C)C)C(O)(c1ccccc1)c1ccccc1. The lowest BCUT2D eigenvalue weighted by Crippen LogP contribution is -2.44. The summed E-state index contributed by atoms with van der Waals surface area (Å²) in [6, 6.07) is 19.7. The molecule has 2 aromatic rings. The zero-order valence-electron chi connectivity index (χ0n) is 13.6. The van der Waals surface area contributed by atoms with E-state index < -0.39 is 5.60 Å². The van der Waals surface area contributed by atoms with Gasteiger partial charge in [0, 0.05) is 19.6 Å². The zero-order valence-corrected chi connectivity index (χ0v) is 13.6. The van der Waals surface area contributed by atoms with Gasteiger partial charge in [-0.05, 0) is 25.2 Å². The molecule has 3 heteroatoms. The molecule has 0 fully saturated rings. The number of methoxy groups -OCH3 is 1. The topological polar surface area (TPSA) is 32.7 Å². The van der Waals surface area contributed by atoms with Gasteiger partial charge in [0.1, 0.15) is 5.60 Å². The van der Waals surface area contributed by atoms with Crippen LogP contribution in [-0.2, 0) is 10.3 Å². The third-order valence-corrected chi connectivity index (χ3v) is 3.97. The van der Waals surface area contributed by atoms with Crippen LogP contribution in [0.4, 0.5) is 0 Å². The second kappa shape index (κ2) is 7.54. The molecule has 0 aliphatic heterocycles. The van der Waals surface area contributed by atoms with Crippen LogP contribution in [0.1, 0.15) is 11.1 Å². The van der Waals surface area contributed by atoms with Gasteiger partial charge in [0.05, 0.1) is 6.61 Å². The summed E-state index contributed by atoms with van der Waals surface area (Å²) in [5.74, 6) is -0.0719. The predicted molar refractivity (Wildman–Crippen MR) is 89.8 cm³/mol. The van der Waals surface area contributed by atoms with Crippen LogP contribution in [0.25, 0.3) is 0 Å². The first kappa shape index (κ1) is 16.7. The molecule has 1 unspecified atom stereocenters. The zero-order chi connectivity index (χ0) is 16.0. The maximum Gasteiger partial charge on any atom is 0.121 e. The molecule has 2 aromatic carbocycles. The van der Waals surface area contributed by atoms with E-state index in [1.54, 1.807) is 7.11 Å². The summed E-state index contributed by atoms with van der Waals surface area (Å²) in [6.07, 6.45) is 0. The van der Waals surface area contributed by atoms with E-state index in [0.29, 0.717) is 6.61 Å². The molecule has 3 nitrogen and oxygen atoms in total. The van der Waals surface area contributed by atoms with Gasteiger partial charge in [-0.3, -0.25) is 0 Å². The normalized spacial score (nSPS) is 13.3. The van der Waals surface area contributed by atoms with Crippen LogP contribution in [0.3, 0.4) is 0 Å². The Morgan fingerprint density at radius 3 is 1.77 bits per heavy atom. The van der Waals surface area contributed by atoms with Crippen LogP contribution in [0.5, 0.6) is 0 Å². The summed E-state index contributed by atoms with van der Waals surface area (Å²) in [7, 11) is 5.71. The second-order valence-electron chi connectivity index (χ2n) is 5.91. The van der Waals surface area contributed by atoms with E-state index in [0.717, 1.165) is 17.7 Å². The summed E-state index contributed by atoms with van der Waals surface area (Å²) < 4.78 is 5.41. The Morgan fingerprint density at radius 2 is 1.41 bits per heavy atom. The Labute approximate surface area is 133 Å². The highest BCUT2D eigenvalue weighted by Crippen LogP contribution is 2.37. The molecule has 0 heterocycles. The van der Waals surface area contributed by atoms with Crippen molar-refractivity contribution in [2.24, 2.45) is 5.92 Å². The Hall–Kier alpha value is -1.68. The number of benzene rings is 2. The van der Waals surface area contributed by atoms with E-state index in [2.05, 4.69) is 4.90 Å². The molecule has 1 N–H and O–H groups in total. The quantitative estimate of drug-likeness (QED) is 0.853. The Morgan fingerprint density at radius 1 is 0.955 bits per heavy atom. The molecule has 0 aliphatic rings. The fourth-order valence-corrected chi connectivity index (χ4v) is 2.97. The lowest BCUT2D eigenvalue weighted by molar-refractivity contribution is -0.0297. The molecule has 0 radical (unpaired) electrons. The van der Waals surface area contributed by atoms with Crippen molar-refractivity contribution in [1.29, 1.82) is 0 Å². The molecule has 118 valence electrons. The first-order valence-electron chi connectivity index (χ1n) is 7.56. The van der Waals surface area contributed by atoms with E-state index in [1.807, 2.05) is 74.8 Å². The minimum Gasteiger partial charge on any atom is -0.384 e. The molecule has 0 saturated heterocycles. The minimum absolute atomic E-state index is 0.0719. The van der Waals surface area contributed by atoms with Crippen LogP contribution in [0.2, 0.25) is 0 Å². The van der Waals surface area contributed by atoms with Crippen LogP contribution in [0, 0.1) is 5.92 Å². The molecule has 0 saturated carbocycles. The van der Waals surface area contributed by atoms with Crippen LogP contribution >= 0.6 is 0 Å². The standard InChI is InChI=1S/C19H25NO2/c1-20(2)14-18(15-22-3)19(21,16-10-6-4-7-11-16)17-12-8-5-9-13-17/h4-13,18,21H,14-15H2,1-3H3. The van der Waals surface area contributed by atoms with Gasteiger partial charge in [-0.25, -0.2) is 0 Å². The summed E-state index contributed by atoms with van der Waals surface area (Å²) >= 11 is 0. The molecular weight excluding hydrogens is 274 g/mol. The van der Waals surface area contributed by atoms with E-state index in [1.165, 1.54) is 0 Å². The summed E-state index contributed by atoms with van der Waals surface area (Å²) in [5, 5.41) is 11.7. The number of aliphatic hydroxyl groups is 1.